The molecule has 1 N–H and O–H groups in total. The molecule has 3 aromatic rings. The van der Waals surface area contributed by atoms with Gasteiger partial charge >= 0.3 is 0 Å². The average Bonchev–Trinajstić information content (AvgIpc) is 3.31. The van der Waals surface area contributed by atoms with Crippen molar-refractivity contribution >= 4 is 5.91 Å². The molecule has 0 aliphatic carbocycles. The van der Waals surface area contributed by atoms with Crippen molar-refractivity contribution in [2.24, 2.45) is 0 Å². The van der Waals surface area contributed by atoms with E-state index in [2.05, 4.69) is 53.5 Å². The molecule has 4 rings (SSSR count). The summed E-state index contributed by atoms with van der Waals surface area (Å²) in [7, 11) is 0. The van der Waals surface area contributed by atoms with Crippen LogP contribution in [0.3, 0.4) is 0 Å². The van der Waals surface area contributed by atoms with Crippen molar-refractivity contribution in [3.05, 3.63) is 77.0 Å². The summed E-state index contributed by atoms with van der Waals surface area (Å²) < 4.78 is 10.9. The number of aromatic nitrogens is 1. The predicted molar refractivity (Wildman–Crippen MR) is 125 cm³/mol. The standard InChI is InChI=1S/C26H31N3O3/c1-18(2)20-8-10-21(11-9-20)24(29-12-14-31-15-13-29)17-27-26(30)23-16-25(32-28-23)22-6-4-19(3)5-7-22/h4-11,16,18,24H,12-15,17H2,1-3H3,(H,27,30). The Bertz CT molecular complexity index is 1020. The van der Waals surface area contributed by atoms with Crippen LogP contribution in [0.25, 0.3) is 11.3 Å². The van der Waals surface area contributed by atoms with Crippen LogP contribution in [0.15, 0.2) is 59.1 Å². The minimum absolute atomic E-state index is 0.0764. The molecule has 6 heteroatoms. The van der Waals surface area contributed by atoms with Crippen molar-refractivity contribution in [2.45, 2.75) is 32.7 Å². The van der Waals surface area contributed by atoms with Crippen molar-refractivity contribution < 1.29 is 14.1 Å². The lowest BCUT2D eigenvalue weighted by Crippen LogP contribution is -2.43. The number of nitrogens with zero attached hydrogens (tertiary/aromatic N) is 2. The summed E-state index contributed by atoms with van der Waals surface area (Å²) in [5, 5.41) is 7.05. The predicted octanol–water partition coefficient (Wildman–Crippen LogP) is 4.58. The Balaban J connectivity index is 1.46. The van der Waals surface area contributed by atoms with Gasteiger partial charge in [0.15, 0.2) is 11.5 Å². The lowest BCUT2D eigenvalue weighted by Gasteiger charge is -2.35. The van der Waals surface area contributed by atoms with Gasteiger partial charge in [-0.1, -0.05) is 73.1 Å². The van der Waals surface area contributed by atoms with E-state index in [9.17, 15) is 4.79 Å². The Morgan fingerprint density at radius 1 is 1.03 bits per heavy atom. The van der Waals surface area contributed by atoms with Crippen LogP contribution in [0.2, 0.25) is 0 Å². The highest BCUT2D eigenvalue weighted by Gasteiger charge is 2.24. The number of rotatable bonds is 7. The Kier molecular flexibility index (Phi) is 7.02. The largest absolute Gasteiger partial charge is 0.379 e. The molecule has 6 nitrogen and oxygen atoms in total. The van der Waals surface area contributed by atoms with Crippen LogP contribution in [0.4, 0.5) is 0 Å². The molecule has 1 saturated heterocycles. The third kappa shape index (κ3) is 5.26. The quantitative estimate of drug-likeness (QED) is 0.591. The van der Waals surface area contributed by atoms with E-state index in [1.807, 2.05) is 31.2 Å². The summed E-state index contributed by atoms with van der Waals surface area (Å²) in [6.45, 7) is 10.0. The molecule has 1 amide bonds. The van der Waals surface area contributed by atoms with Crippen LogP contribution in [0, 0.1) is 6.92 Å². The number of hydrogen-bond donors (Lipinski definition) is 1. The van der Waals surface area contributed by atoms with Gasteiger partial charge in [-0.25, -0.2) is 0 Å². The summed E-state index contributed by atoms with van der Waals surface area (Å²) in [4.78, 5) is 15.2. The Hall–Kier alpha value is -2.96. The van der Waals surface area contributed by atoms with Crippen LogP contribution in [-0.4, -0.2) is 48.8 Å². The molecule has 1 atom stereocenters. The van der Waals surface area contributed by atoms with E-state index in [4.69, 9.17) is 9.26 Å². The van der Waals surface area contributed by atoms with Crippen molar-refractivity contribution in [3.8, 4) is 11.3 Å². The molecule has 168 valence electrons. The van der Waals surface area contributed by atoms with Gasteiger partial charge in [-0.2, -0.15) is 0 Å². The fraction of sp³-hybridized carbons (Fsp3) is 0.385. The summed E-state index contributed by atoms with van der Waals surface area (Å²) in [5.74, 6) is 0.841. The number of benzene rings is 2. The lowest BCUT2D eigenvalue weighted by molar-refractivity contribution is 0.0162. The zero-order valence-electron chi connectivity index (χ0n) is 19.0. The highest BCUT2D eigenvalue weighted by molar-refractivity contribution is 5.93. The second-order valence-electron chi connectivity index (χ2n) is 8.64. The maximum absolute atomic E-state index is 12.8. The lowest BCUT2D eigenvalue weighted by atomic mass is 9.98. The van der Waals surface area contributed by atoms with Gasteiger partial charge in [-0.05, 0) is 24.0 Å². The second kappa shape index (κ2) is 10.1. The first-order chi connectivity index (χ1) is 15.5. The summed E-state index contributed by atoms with van der Waals surface area (Å²) in [5.41, 5.74) is 4.86. The molecule has 2 heterocycles. The monoisotopic (exact) mass is 433 g/mol. The van der Waals surface area contributed by atoms with E-state index < -0.39 is 0 Å². The molecule has 1 aliphatic heterocycles. The van der Waals surface area contributed by atoms with Gasteiger partial charge in [0.2, 0.25) is 0 Å². The van der Waals surface area contributed by atoms with Crippen LogP contribution in [-0.2, 0) is 4.74 Å². The number of carbonyl (C=O) groups is 1. The van der Waals surface area contributed by atoms with E-state index in [1.165, 1.54) is 16.7 Å². The van der Waals surface area contributed by atoms with E-state index in [0.29, 0.717) is 31.4 Å². The average molecular weight is 434 g/mol. The Morgan fingerprint density at radius 3 is 2.34 bits per heavy atom. The number of morpholine rings is 1. The fourth-order valence-electron chi connectivity index (χ4n) is 3.97. The first-order valence-electron chi connectivity index (χ1n) is 11.2. The highest BCUT2D eigenvalue weighted by Crippen LogP contribution is 2.25. The third-order valence-corrected chi connectivity index (χ3v) is 6.01. The zero-order chi connectivity index (χ0) is 22.5. The Labute approximate surface area is 189 Å². The molecule has 0 radical (unpaired) electrons. The van der Waals surface area contributed by atoms with Crippen molar-refractivity contribution in [2.75, 3.05) is 32.8 Å². The van der Waals surface area contributed by atoms with Gasteiger partial charge in [-0.15, -0.1) is 0 Å². The number of carbonyl (C=O) groups excluding carboxylic acids is 1. The molecule has 1 fully saturated rings. The molecule has 32 heavy (non-hydrogen) atoms. The van der Waals surface area contributed by atoms with Gasteiger partial charge in [0.05, 0.1) is 19.3 Å². The third-order valence-electron chi connectivity index (χ3n) is 6.01. The molecular weight excluding hydrogens is 402 g/mol. The van der Waals surface area contributed by atoms with Gasteiger partial charge in [0, 0.05) is 31.3 Å². The molecule has 0 saturated carbocycles. The van der Waals surface area contributed by atoms with Gasteiger partial charge < -0.3 is 14.6 Å². The Morgan fingerprint density at radius 2 is 1.69 bits per heavy atom. The van der Waals surface area contributed by atoms with E-state index in [1.54, 1.807) is 6.07 Å². The fourth-order valence-corrected chi connectivity index (χ4v) is 3.97. The van der Waals surface area contributed by atoms with Gasteiger partial charge in [-0.3, -0.25) is 9.69 Å². The molecule has 1 aromatic heterocycles. The summed E-state index contributed by atoms with van der Waals surface area (Å²) in [6, 6.07) is 18.4. The first-order valence-corrected chi connectivity index (χ1v) is 11.2. The van der Waals surface area contributed by atoms with Crippen LogP contribution >= 0.6 is 0 Å². The van der Waals surface area contributed by atoms with E-state index >= 15 is 0 Å². The number of amides is 1. The molecule has 1 aliphatic rings. The second-order valence-corrected chi connectivity index (χ2v) is 8.64. The maximum atomic E-state index is 12.8. The number of hydrogen-bond acceptors (Lipinski definition) is 5. The smallest absolute Gasteiger partial charge is 0.273 e. The highest BCUT2D eigenvalue weighted by atomic mass is 16.5. The van der Waals surface area contributed by atoms with Gasteiger partial charge in [0.1, 0.15) is 0 Å². The van der Waals surface area contributed by atoms with Crippen LogP contribution in [0.5, 0.6) is 0 Å². The van der Waals surface area contributed by atoms with Crippen LogP contribution in [0.1, 0.15) is 53.0 Å². The molecule has 0 bridgehead atoms. The van der Waals surface area contributed by atoms with Crippen molar-refractivity contribution in [1.82, 2.24) is 15.4 Å². The SMILES string of the molecule is Cc1ccc(-c2cc(C(=O)NCC(c3ccc(C(C)C)cc3)N3CCOCC3)no2)cc1. The minimum atomic E-state index is -0.232. The van der Waals surface area contributed by atoms with Crippen molar-refractivity contribution in [1.29, 1.82) is 0 Å². The van der Waals surface area contributed by atoms with E-state index in [-0.39, 0.29) is 17.6 Å². The molecule has 0 spiro atoms. The molecular formula is C26H31N3O3. The number of aryl methyl sites for hydroxylation is 1. The normalized spacial score (nSPS) is 15.6. The van der Waals surface area contributed by atoms with Crippen LogP contribution < -0.4 is 5.32 Å². The maximum Gasteiger partial charge on any atom is 0.273 e. The molecule has 2 aromatic carbocycles. The number of nitrogens with one attached hydrogen (secondary N) is 1. The minimum Gasteiger partial charge on any atom is -0.379 e. The first kappa shape index (κ1) is 22.2. The van der Waals surface area contributed by atoms with E-state index in [0.717, 1.165) is 18.7 Å². The topological polar surface area (TPSA) is 67.6 Å². The number of ether oxygens (including phenoxy) is 1. The summed E-state index contributed by atoms with van der Waals surface area (Å²) in [6.07, 6.45) is 0. The molecule has 1 unspecified atom stereocenters. The van der Waals surface area contributed by atoms with Crippen molar-refractivity contribution in [3.63, 3.8) is 0 Å². The summed E-state index contributed by atoms with van der Waals surface area (Å²) >= 11 is 0. The zero-order valence-corrected chi connectivity index (χ0v) is 19.0. The van der Waals surface area contributed by atoms with Gasteiger partial charge in [0.25, 0.3) is 5.91 Å².